The number of rotatable bonds is 7. The number of benzene rings is 1. The van der Waals surface area contributed by atoms with E-state index in [-0.39, 0.29) is 24.0 Å². The normalized spacial score (nSPS) is 12.4. The largest absolute Gasteiger partial charge is 0.356 e. The van der Waals surface area contributed by atoms with Gasteiger partial charge in [0, 0.05) is 20.1 Å². The highest BCUT2D eigenvalue weighted by atomic mass is 127. The molecule has 1 rings (SSSR count). The molecule has 0 aromatic heterocycles. The maximum absolute atomic E-state index is 4.25. The zero-order valence-corrected chi connectivity index (χ0v) is 15.2. The molecule has 0 radical (unpaired) electrons. The molecule has 1 aromatic rings. The SMILES string of the molecule is CCCCCNC(=NC)NCC(C)c1ccccc1.I. The summed E-state index contributed by atoms with van der Waals surface area (Å²) in [6.07, 6.45) is 3.72. The average molecular weight is 389 g/mol. The third kappa shape index (κ3) is 7.72. The van der Waals surface area contributed by atoms with E-state index in [9.17, 15) is 0 Å². The molecule has 0 aliphatic heterocycles. The van der Waals surface area contributed by atoms with Crippen molar-refractivity contribution in [3.8, 4) is 0 Å². The molecular weight excluding hydrogens is 361 g/mol. The molecule has 3 nitrogen and oxygen atoms in total. The zero-order chi connectivity index (χ0) is 13.9. The minimum Gasteiger partial charge on any atom is -0.356 e. The van der Waals surface area contributed by atoms with Gasteiger partial charge in [-0.25, -0.2) is 0 Å². The summed E-state index contributed by atoms with van der Waals surface area (Å²) >= 11 is 0. The first-order valence-electron chi connectivity index (χ1n) is 7.27. The van der Waals surface area contributed by atoms with E-state index in [1.54, 1.807) is 0 Å². The molecular formula is C16H28IN3. The van der Waals surface area contributed by atoms with Crippen LogP contribution in [0, 0.1) is 0 Å². The summed E-state index contributed by atoms with van der Waals surface area (Å²) in [6.45, 7) is 6.34. The van der Waals surface area contributed by atoms with Crippen molar-refractivity contribution in [2.24, 2.45) is 4.99 Å². The molecule has 0 spiro atoms. The summed E-state index contributed by atoms with van der Waals surface area (Å²) < 4.78 is 0. The van der Waals surface area contributed by atoms with Crippen LogP contribution in [-0.4, -0.2) is 26.1 Å². The standard InChI is InChI=1S/C16H27N3.HI/c1-4-5-9-12-18-16(17-3)19-13-14(2)15-10-7-6-8-11-15;/h6-8,10-11,14H,4-5,9,12-13H2,1-3H3,(H2,17,18,19);1H. The van der Waals surface area contributed by atoms with E-state index in [2.05, 4.69) is 59.8 Å². The summed E-state index contributed by atoms with van der Waals surface area (Å²) in [4.78, 5) is 4.25. The van der Waals surface area contributed by atoms with E-state index in [4.69, 9.17) is 0 Å². The van der Waals surface area contributed by atoms with Crippen LogP contribution in [0.3, 0.4) is 0 Å². The number of hydrogen-bond acceptors (Lipinski definition) is 1. The Balaban J connectivity index is 0.00000361. The maximum atomic E-state index is 4.25. The van der Waals surface area contributed by atoms with Crippen molar-refractivity contribution in [1.82, 2.24) is 10.6 Å². The first-order chi connectivity index (χ1) is 9.27. The van der Waals surface area contributed by atoms with Crippen LogP contribution in [0.5, 0.6) is 0 Å². The van der Waals surface area contributed by atoms with Gasteiger partial charge >= 0.3 is 0 Å². The lowest BCUT2D eigenvalue weighted by Crippen LogP contribution is -2.39. The van der Waals surface area contributed by atoms with Gasteiger partial charge in [0.2, 0.25) is 0 Å². The molecule has 4 heteroatoms. The quantitative estimate of drug-likeness (QED) is 0.323. The average Bonchev–Trinajstić information content (AvgIpc) is 2.47. The van der Waals surface area contributed by atoms with Crippen LogP contribution >= 0.6 is 24.0 Å². The monoisotopic (exact) mass is 389 g/mol. The Morgan fingerprint density at radius 2 is 1.85 bits per heavy atom. The van der Waals surface area contributed by atoms with E-state index in [1.165, 1.54) is 24.8 Å². The second-order valence-electron chi connectivity index (χ2n) is 4.90. The predicted molar refractivity (Wildman–Crippen MR) is 99.2 cm³/mol. The number of nitrogens with zero attached hydrogens (tertiary/aromatic N) is 1. The van der Waals surface area contributed by atoms with Crippen LogP contribution in [0.2, 0.25) is 0 Å². The Morgan fingerprint density at radius 1 is 1.15 bits per heavy atom. The lowest BCUT2D eigenvalue weighted by atomic mass is 10.0. The molecule has 20 heavy (non-hydrogen) atoms. The molecule has 0 bridgehead atoms. The van der Waals surface area contributed by atoms with Crippen LogP contribution in [0.15, 0.2) is 35.3 Å². The molecule has 0 saturated carbocycles. The van der Waals surface area contributed by atoms with Gasteiger partial charge in [-0.3, -0.25) is 4.99 Å². The van der Waals surface area contributed by atoms with Crippen molar-refractivity contribution in [1.29, 1.82) is 0 Å². The highest BCUT2D eigenvalue weighted by Crippen LogP contribution is 2.12. The number of halogens is 1. The Morgan fingerprint density at radius 3 is 2.45 bits per heavy atom. The van der Waals surface area contributed by atoms with E-state index >= 15 is 0 Å². The number of nitrogens with one attached hydrogen (secondary N) is 2. The van der Waals surface area contributed by atoms with E-state index in [1.807, 2.05) is 7.05 Å². The number of aliphatic imine (C=N–C) groups is 1. The first kappa shape index (κ1) is 19.2. The predicted octanol–water partition coefficient (Wildman–Crippen LogP) is 3.76. The summed E-state index contributed by atoms with van der Waals surface area (Å²) in [5.74, 6) is 1.38. The lowest BCUT2D eigenvalue weighted by molar-refractivity contribution is 0.665. The smallest absolute Gasteiger partial charge is 0.190 e. The molecule has 0 fully saturated rings. The summed E-state index contributed by atoms with van der Waals surface area (Å²) in [5.41, 5.74) is 1.36. The van der Waals surface area contributed by atoms with E-state index < -0.39 is 0 Å². The van der Waals surface area contributed by atoms with Gasteiger partial charge < -0.3 is 10.6 Å². The van der Waals surface area contributed by atoms with Crippen molar-refractivity contribution in [2.75, 3.05) is 20.1 Å². The molecule has 1 aromatic carbocycles. The Hall–Kier alpha value is -0.780. The van der Waals surface area contributed by atoms with Crippen molar-refractivity contribution in [3.63, 3.8) is 0 Å². The highest BCUT2D eigenvalue weighted by molar-refractivity contribution is 14.0. The fourth-order valence-corrected chi connectivity index (χ4v) is 1.95. The van der Waals surface area contributed by atoms with Crippen LogP contribution in [0.25, 0.3) is 0 Å². The Labute approximate surface area is 140 Å². The highest BCUT2D eigenvalue weighted by Gasteiger charge is 2.05. The minimum atomic E-state index is 0. The van der Waals surface area contributed by atoms with Gasteiger partial charge in [-0.15, -0.1) is 24.0 Å². The van der Waals surface area contributed by atoms with Crippen molar-refractivity contribution in [2.45, 2.75) is 39.0 Å². The maximum Gasteiger partial charge on any atom is 0.190 e. The third-order valence-electron chi connectivity index (χ3n) is 3.24. The van der Waals surface area contributed by atoms with E-state index in [0.717, 1.165) is 19.0 Å². The van der Waals surface area contributed by atoms with Crippen molar-refractivity contribution in [3.05, 3.63) is 35.9 Å². The molecule has 2 N–H and O–H groups in total. The van der Waals surface area contributed by atoms with Crippen molar-refractivity contribution >= 4 is 29.9 Å². The molecule has 0 aliphatic carbocycles. The topological polar surface area (TPSA) is 36.4 Å². The summed E-state index contributed by atoms with van der Waals surface area (Å²) in [6, 6.07) is 10.6. The fraction of sp³-hybridized carbons (Fsp3) is 0.562. The Kier molecular flexibility index (Phi) is 11.5. The van der Waals surface area contributed by atoms with Gasteiger partial charge in [0.05, 0.1) is 0 Å². The van der Waals surface area contributed by atoms with Crippen LogP contribution in [0.1, 0.15) is 44.6 Å². The number of unbranched alkanes of at least 4 members (excludes halogenated alkanes) is 2. The van der Waals surface area contributed by atoms with Crippen LogP contribution in [0.4, 0.5) is 0 Å². The number of hydrogen-bond donors (Lipinski definition) is 2. The van der Waals surface area contributed by atoms with Gasteiger partial charge in [-0.2, -0.15) is 0 Å². The second kappa shape index (κ2) is 12.0. The van der Waals surface area contributed by atoms with Gasteiger partial charge in [-0.1, -0.05) is 57.0 Å². The molecule has 114 valence electrons. The molecule has 0 amide bonds. The lowest BCUT2D eigenvalue weighted by Gasteiger charge is -2.16. The zero-order valence-electron chi connectivity index (χ0n) is 12.9. The second-order valence-corrected chi connectivity index (χ2v) is 4.90. The van der Waals surface area contributed by atoms with Gasteiger partial charge in [0.25, 0.3) is 0 Å². The molecule has 0 heterocycles. The van der Waals surface area contributed by atoms with E-state index in [0.29, 0.717) is 5.92 Å². The van der Waals surface area contributed by atoms with Gasteiger partial charge in [0.15, 0.2) is 5.96 Å². The van der Waals surface area contributed by atoms with Crippen molar-refractivity contribution < 1.29 is 0 Å². The molecule has 0 aliphatic rings. The number of guanidine groups is 1. The Bertz CT molecular complexity index is 365. The molecule has 0 saturated heterocycles. The van der Waals surface area contributed by atoms with Crippen LogP contribution in [-0.2, 0) is 0 Å². The third-order valence-corrected chi connectivity index (χ3v) is 3.24. The first-order valence-corrected chi connectivity index (χ1v) is 7.27. The molecule has 1 atom stereocenters. The van der Waals surface area contributed by atoms with Gasteiger partial charge in [-0.05, 0) is 17.9 Å². The summed E-state index contributed by atoms with van der Waals surface area (Å²) in [5, 5.41) is 6.73. The van der Waals surface area contributed by atoms with Gasteiger partial charge in [0.1, 0.15) is 0 Å². The summed E-state index contributed by atoms with van der Waals surface area (Å²) in [7, 11) is 1.82. The van der Waals surface area contributed by atoms with Crippen LogP contribution < -0.4 is 10.6 Å². The minimum absolute atomic E-state index is 0. The molecule has 1 unspecified atom stereocenters. The fourth-order valence-electron chi connectivity index (χ4n) is 1.95.